The summed E-state index contributed by atoms with van der Waals surface area (Å²) in [5, 5.41) is 2.56. The molecule has 0 spiro atoms. The minimum Gasteiger partial charge on any atom is -0.449 e. The summed E-state index contributed by atoms with van der Waals surface area (Å²) < 4.78 is 27.7. The Bertz CT molecular complexity index is 1110. The zero-order valence-corrected chi connectivity index (χ0v) is 31.2. The topological polar surface area (TPSA) is 101 Å². The van der Waals surface area contributed by atoms with E-state index in [0.29, 0.717) is 3.57 Å². The number of ether oxygens (including phenoxy) is 2. The predicted molar refractivity (Wildman–Crippen MR) is 174 cm³/mol. The van der Waals surface area contributed by atoms with Crippen LogP contribution < -0.4 is 11.0 Å². The van der Waals surface area contributed by atoms with E-state index in [1.807, 2.05) is 6.92 Å². The first-order chi connectivity index (χ1) is 17.9. The fraction of sp³-hybridized carbons (Fsp3) is 0.821. The average molecular weight is 710 g/mol. The molecule has 1 aromatic rings. The van der Waals surface area contributed by atoms with Crippen LogP contribution in [-0.4, -0.2) is 57.2 Å². The molecular formula is C28H52IN3O6Si2. The van der Waals surface area contributed by atoms with Crippen LogP contribution in [0.5, 0.6) is 0 Å². The van der Waals surface area contributed by atoms with Gasteiger partial charge < -0.3 is 18.3 Å². The average Bonchev–Trinajstić information content (AvgIpc) is 3.02. The van der Waals surface area contributed by atoms with Crippen molar-refractivity contribution < 1.29 is 23.1 Å². The third kappa shape index (κ3) is 8.85. The van der Waals surface area contributed by atoms with Crippen molar-refractivity contribution in [3.8, 4) is 0 Å². The third-order valence-electron chi connectivity index (χ3n) is 8.38. The number of anilines is 1. The van der Waals surface area contributed by atoms with Crippen molar-refractivity contribution in [1.29, 1.82) is 0 Å². The zero-order valence-electron chi connectivity index (χ0n) is 27.0. The van der Waals surface area contributed by atoms with Crippen LogP contribution in [0.2, 0.25) is 36.3 Å². The molecule has 0 aliphatic carbocycles. The summed E-state index contributed by atoms with van der Waals surface area (Å²) in [4.78, 5) is 29.9. The Kier molecular flexibility index (Phi) is 11.0. The van der Waals surface area contributed by atoms with Crippen LogP contribution in [0.4, 0.5) is 10.6 Å². The zero-order chi connectivity index (χ0) is 31.1. The molecule has 0 aromatic carbocycles. The monoisotopic (exact) mass is 709 g/mol. The summed E-state index contributed by atoms with van der Waals surface area (Å²) in [5.74, 6) is 0.157. The number of amides is 1. The van der Waals surface area contributed by atoms with E-state index in [1.54, 1.807) is 6.20 Å². The maximum atomic E-state index is 13.4. The molecule has 230 valence electrons. The SMILES string of the molecule is C[C@H]1O[C@@H](n2cc(I)c(NC(=O)OCCC(C)(C)C)nc2=O)[C@H](O[Si](C)(C)C(C)(C)C)[C@@H]1O[Si](C)(C)C(C)(C)C. The second-order valence-corrected chi connectivity index (χ2v) is 25.8. The molecule has 1 N–H and O–H groups in total. The van der Waals surface area contributed by atoms with Crippen LogP contribution >= 0.6 is 22.6 Å². The van der Waals surface area contributed by atoms with Gasteiger partial charge in [-0.05, 0) is 77.6 Å². The number of aromatic nitrogens is 2. The molecule has 1 amide bonds. The molecule has 0 bridgehead atoms. The Morgan fingerprint density at radius 3 is 1.98 bits per heavy atom. The van der Waals surface area contributed by atoms with Crippen LogP contribution in [0.3, 0.4) is 0 Å². The molecule has 1 fully saturated rings. The Morgan fingerprint density at radius 2 is 1.50 bits per heavy atom. The lowest BCUT2D eigenvalue weighted by Gasteiger charge is -2.44. The lowest BCUT2D eigenvalue weighted by atomic mass is 9.93. The minimum atomic E-state index is -2.28. The molecule has 1 saturated heterocycles. The van der Waals surface area contributed by atoms with Crippen molar-refractivity contribution in [2.75, 3.05) is 11.9 Å². The molecule has 1 aliphatic rings. The number of nitrogens with one attached hydrogen (secondary N) is 1. The van der Waals surface area contributed by atoms with E-state index in [0.717, 1.165) is 6.42 Å². The van der Waals surface area contributed by atoms with Crippen molar-refractivity contribution in [3.63, 3.8) is 0 Å². The highest BCUT2D eigenvalue weighted by molar-refractivity contribution is 14.1. The number of hydrogen-bond donors (Lipinski definition) is 1. The molecule has 4 atom stereocenters. The van der Waals surface area contributed by atoms with Gasteiger partial charge in [0.05, 0.1) is 16.3 Å². The van der Waals surface area contributed by atoms with Gasteiger partial charge in [-0.3, -0.25) is 9.88 Å². The first-order valence-electron chi connectivity index (χ1n) is 14.1. The Hall–Kier alpha value is -0.806. The van der Waals surface area contributed by atoms with Gasteiger partial charge in [0.2, 0.25) is 0 Å². The van der Waals surface area contributed by atoms with Gasteiger partial charge in [-0.2, -0.15) is 4.98 Å². The lowest BCUT2D eigenvalue weighted by Crippen LogP contribution is -2.53. The van der Waals surface area contributed by atoms with E-state index >= 15 is 0 Å². The van der Waals surface area contributed by atoms with E-state index in [1.165, 1.54) is 4.57 Å². The third-order valence-corrected chi connectivity index (χ3v) is 18.1. The predicted octanol–water partition coefficient (Wildman–Crippen LogP) is 7.53. The Labute approximate surface area is 256 Å². The summed E-state index contributed by atoms with van der Waals surface area (Å²) in [5.41, 5.74) is -0.500. The van der Waals surface area contributed by atoms with Gasteiger partial charge in [0.1, 0.15) is 12.2 Å². The maximum Gasteiger partial charge on any atom is 0.412 e. The number of rotatable bonds is 8. The van der Waals surface area contributed by atoms with Crippen LogP contribution in [0.1, 0.15) is 81.9 Å². The van der Waals surface area contributed by atoms with Gasteiger partial charge in [0.15, 0.2) is 28.7 Å². The van der Waals surface area contributed by atoms with E-state index in [2.05, 4.69) is 121 Å². The summed E-state index contributed by atoms with van der Waals surface area (Å²) in [6.45, 7) is 30.5. The number of carbonyl (C=O) groups is 1. The minimum absolute atomic E-state index is 0.00505. The quantitative estimate of drug-likeness (QED) is 0.220. The van der Waals surface area contributed by atoms with Gasteiger partial charge >= 0.3 is 11.8 Å². The Morgan fingerprint density at radius 1 is 1.00 bits per heavy atom. The molecule has 1 aromatic heterocycles. The second kappa shape index (κ2) is 12.4. The first kappa shape index (κ1) is 35.4. The molecular weight excluding hydrogens is 657 g/mol. The van der Waals surface area contributed by atoms with E-state index in [-0.39, 0.29) is 40.1 Å². The molecule has 2 rings (SSSR count). The van der Waals surface area contributed by atoms with Crippen LogP contribution in [0, 0.1) is 8.99 Å². The van der Waals surface area contributed by atoms with Crippen molar-refractivity contribution in [2.45, 2.75) is 136 Å². The second-order valence-electron chi connectivity index (χ2n) is 15.1. The number of carbonyl (C=O) groups excluding carboxylic acids is 1. The Balaban J connectivity index is 2.42. The van der Waals surface area contributed by atoms with Gasteiger partial charge in [-0.15, -0.1) is 0 Å². The van der Waals surface area contributed by atoms with E-state index < -0.39 is 40.7 Å². The highest BCUT2D eigenvalue weighted by Crippen LogP contribution is 2.45. The van der Waals surface area contributed by atoms with Crippen LogP contribution in [0.15, 0.2) is 11.0 Å². The van der Waals surface area contributed by atoms with Gasteiger partial charge in [0.25, 0.3) is 0 Å². The summed E-state index contributed by atoms with van der Waals surface area (Å²) in [6.07, 6.45) is -0.123. The maximum absolute atomic E-state index is 13.4. The number of halogens is 1. The first-order valence-corrected chi connectivity index (χ1v) is 21.0. The molecule has 9 nitrogen and oxygen atoms in total. The van der Waals surface area contributed by atoms with Crippen molar-refractivity contribution in [1.82, 2.24) is 9.55 Å². The summed E-state index contributed by atoms with van der Waals surface area (Å²) >= 11 is 2.06. The van der Waals surface area contributed by atoms with Gasteiger partial charge in [-0.1, -0.05) is 62.3 Å². The summed E-state index contributed by atoms with van der Waals surface area (Å²) in [6, 6.07) is 0. The lowest BCUT2D eigenvalue weighted by molar-refractivity contribution is -0.0311. The van der Waals surface area contributed by atoms with Crippen molar-refractivity contribution in [2.24, 2.45) is 5.41 Å². The largest absolute Gasteiger partial charge is 0.449 e. The molecule has 1 aliphatic heterocycles. The number of nitrogens with zero attached hydrogens (tertiary/aromatic N) is 2. The highest BCUT2D eigenvalue weighted by Gasteiger charge is 2.53. The number of hydrogen-bond acceptors (Lipinski definition) is 7. The fourth-order valence-electron chi connectivity index (χ4n) is 3.65. The van der Waals surface area contributed by atoms with Crippen molar-refractivity contribution in [3.05, 3.63) is 20.3 Å². The molecule has 12 heteroatoms. The van der Waals surface area contributed by atoms with E-state index in [4.69, 9.17) is 18.3 Å². The standard InChI is InChI=1S/C28H52IN3O6Si2/c1-18-20(37-39(11,12)27(5,6)7)21(38-40(13,14)28(8,9)10)23(36-18)32-17-19(29)22(30-24(32)33)31-25(34)35-16-15-26(2,3)4/h17-18,20-21,23H,15-16H2,1-14H3,(H,30,31,33,34)/t18-,20-,21-,23-/m1/s1. The molecule has 0 radical (unpaired) electrons. The molecule has 0 unspecified atom stereocenters. The fourth-order valence-corrected chi connectivity index (χ4v) is 6.85. The highest BCUT2D eigenvalue weighted by atomic mass is 127. The van der Waals surface area contributed by atoms with Crippen LogP contribution in [-0.2, 0) is 18.3 Å². The van der Waals surface area contributed by atoms with Crippen molar-refractivity contribution >= 4 is 51.1 Å². The van der Waals surface area contributed by atoms with Gasteiger partial charge in [0, 0.05) is 6.20 Å². The smallest absolute Gasteiger partial charge is 0.412 e. The normalized spacial score (nSPS) is 22.9. The van der Waals surface area contributed by atoms with Crippen LogP contribution in [0.25, 0.3) is 0 Å². The molecule has 0 saturated carbocycles. The van der Waals surface area contributed by atoms with Gasteiger partial charge in [-0.25, -0.2) is 9.59 Å². The summed E-state index contributed by atoms with van der Waals surface area (Å²) in [7, 11) is -4.47. The molecule has 40 heavy (non-hydrogen) atoms. The molecule has 2 heterocycles. The van der Waals surface area contributed by atoms with E-state index in [9.17, 15) is 9.59 Å².